The summed E-state index contributed by atoms with van der Waals surface area (Å²) >= 11 is 0. The molecule has 0 aliphatic heterocycles. The van der Waals surface area contributed by atoms with E-state index in [1.54, 1.807) is 24.5 Å². The van der Waals surface area contributed by atoms with Gasteiger partial charge in [0.15, 0.2) is 5.82 Å². The zero-order chi connectivity index (χ0) is 22.8. The van der Waals surface area contributed by atoms with Gasteiger partial charge in [0.1, 0.15) is 13.9 Å². The molecule has 0 aliphatic rings. The fourth-order valence-corrected chi connectivity index (χ4v) is 10.1. The molecule has 0 radical (unpaired) electrons. The van der Waals surface area contributed by atoms with Crippen LogP contribution in [0, 0.1) is 17.3 Å². The van der Waals surface area contributed by atoms with Crippen LogP contribution in [0.2, 0.25) is 16.6 Å². The van der Waals surface area contributed by atoms with E-state index in [9.17, 15) is 4.39 Å². The molecule has 2 aromatic heterocycles. The second kappa shape index (κ2) is 9.19. The second-order valence-corrected chi connectivity index (χ2v) is 14.7. The normalized spacial score (nSPS) is 11.8. The largest absolute Gasteiger partial charge is 0.320 e. The van der Waals surface area contributed by atoms with Crippen LogP contribution in [0.3, 0.4) is 0 Å². The molecule has 3 nitrogen and oxygen atoms in total. The molecule has 3 rings (SSSR count). The number of imidazole rings is 1. The number of rotatable bonds is 5. The Morgan fingerprint density at radius 2 is 1.39 bits per heavy atom. The number of nitrogens with zero attached hydrogens (tertiary/aromatic N) is 3. The first-order chi connectivity index (χ1) is 14.7. The van der Waals surface area contributed by atoms with Crippen LogP contribution in [0.15, 0.2) is 48.8 Å². The second-order valence-electron chi connectivity index (χ2n) is 9.08. The van der Waals surface area contributed by atoms with Crippen molar-refractivity contribution in [3.8, 4) is 34.0 Å². The van der Waals surface area contributed by atoms with Gasteiger partial charge >= 0.3 is 0 Å². The van der Waals surface area contributed by atoms with Gasteiger partial charge in [-0.1, -0.05) is 41.5 Å². The first kappa shape index (κ1) is 23.0. The number of pyridine rings is 1. The first-order valence-corrected chi connectivity index (χ1v) is 13.2. The predicted molar refractivity (Wildman–Crippen MR) is 130 cm³/mol. The Hall–Kier alpha value is -2.71. The maximum Gasteiger partial charge on any atom is 0.185 e. The predicted octanol–water partition coefficient (Wildman–Crippen LogP) is 6.86. The molecule has 3 aromatic rings. The van der Waals surface area contributed by atoms with Gasteiger partial charge in [0.25, 0.3) is 0 Å². The third-order valence-corrected chi connectivity index (χ3v) is 12.7. The molecule has 0 spiro atoms. The number of hydrogen-bond donors (Lipinski definition) is 0. The summed E-state index contributed by atoms with van der Waals surface area (Å²) in [4.78, 5) is 9.08. The van der Waals surface area contributed by atoms with E-state index in [-0.39, 0.29) is 5.82 Å². The van der Waals surface area contributed by atoms with E-state index < -0.39 is 8.07 Å². The zero-order valence-corrected chi connectivity index (χ0v) is 20.6. The van der Waals surface area contributed by atoms with Gasteiger partial charge in [-0.3, -0.25) is 4.98 Å². The molecule has 0 aliphatic carbocycles. The minimum absolute atomic E-state index is 0.258. The molecule has 0 N–H and O–H groups in total. The molecular formula is C26H32FN3Si. The van der Waals surface area contributed by atoms with Crippen molar-refractivity contribution in [2.45, 2.75) is 58.2 Å². The van der Waals surface area contributed by atoms with Gasteiger partial charge in [-0.15, -0.1) is 5.54 Å². The number of hydrogen-bond acceptors (Lipinski definition) is 2. The topological polar surface area (TPSA) is 30.7 Å². The van der Waals surface area contributed by atoms with Crippen LogP contribution >= 0.6 is 0 Å². The minimum atomic E-state index is -1.88. The fraction of sp³-hybridized carbons (Fsp3) is 0.385. The quantitative estimate of drug-likeness (QED) is 0.325. The van der Waals surface area contributed by atoms with Gasteiger partial charge in [-0.05, 0) is 58.9 Å². The maximum absolute atomic E-state index is 13.5. The van der Waals surface area contributed by atoms with Gasteiger partial charge in [0.05, 0.1) is 11.4 Å². The Labute approximate surface area is 186 Å². The SMILES string of the molecule is CC(C)[Si](C#Cc1nc(-c2ccc(F)cc2)c(-c2ccncc2)n1C)(C(C)C)C(C)C. The molecule has 162 valence electrons. The van der Waals surface area contributed by atoms with Crippen LogP contribution in [0.5, 0.6) is 0 Å². The van der Waals surface area contributed by atoms with Gasteiger partial charge in [0, 0.05) is 30.6 Å². The smallest absolute Gasteiger partial charge is 0.185 e. The average Bonchev–Trinajstić information content (AvgIpc) is 3.05. The molecule has 2 heterocycles. The summed E-state index contributed by atoms with van der Waals surface area (Å²) in [6.45, 7) is 13.9. The molecule has 5 heteroatoms. The molecule has 31 heavy (non-hydrogen) atoms. The number of benzene rings is 1. The molecule has 0 atom stereocenters. The Bertz CT molecular complexity index is 1070. The van der Waals surface area contributed by atoms with Crippen LogP contribution < -0.4 is 0 Å². The van der Waals surface area contributed by atoms with Crippen molar-refractivity contribution in [1.29, 1.82) is 0 Å². The van der Waals surface area contributed by atoms with Crippen LogP contribution in [0.4, 0.5) is 4.39 Å². The summed E-state index contributed by atoms with van der Waals surface area (Å²) in [7, 11) is 0.122. The summed E-state index contributed by atoms with van der Waals surface area (Å²) in [5.41, 5.74) is 9.09. The van der Waals surface area contributed by atoms with Crippen LogP contribution in [-0.2, 0) is 7.05 Å². The average molecular weight is 434 g/mol. The summed E-state index contributed by atoms with van der Waals surface area (Å²) < 4.78 is 15.6. The summed E-state index contributed by atoms with van der Waals surface area (Å²) in [6.07, 6.45) is 3.55. The van der Waals surface area contributed by atoms with Crippen LogP contribution in [0.25, 0.3) is 22.5 Å². The molecular weight excluding hydrogens is 401 g/mol. The lowest BCUT2D eigenvalue weighted by Crippen LogP contribution is -2.43. The third kappa shape index (κ3) is 4.36. The highest BCUT2D eigenvalue weighted by atomic mass is 28.3. The Morgan fingerprint density at radius 1 is 0.839 bits per heavy atom. The summed E-state index contributed by atoms with van der Waals surface area (Å²) in [5, 5.41) is 0. The third-order valence-electron chi connectivity index (χ3n) is 6.42. The standard InChI is InChI=1S/C26H32FN3Si/c1-18(2)31(19(3)4,20(5)6)17-14-24-29-25(21-8-10-23(27)11-9-21)26(30(24)7)22-12-15-28-16-13-22/h8-13,15-16,18-20H,1-7H3. The molecule has 0 fully saturated rings. The molecule has 0 saturated carbocycles. The van der Waals surface area contributed by atoms with Gasteiger partial charge < -0.3 is 4.57 Å². The van der Waals surface area contributed by atoms with Crippen LogP contribution in [-0.4, -0.2) is 22.6 Å². The van der Waals surface area contributed by atoms with E-state index in [1.807, 2.05) is 19.2 Å². The molecule has 1 aromatic carbocycles. The Balaban J connectivity index is 2.22. The highest BCUT2D eigenvalue weighted by Crippen LogP contribution is 2.41. The zero-order valence-electron chi connectivity index (χ0n) is 19.6. The number of halogens is 1. The first-order valence-electron chi connectivity index (χ1n) is 10.9. The van der Waals surface area contributed by atoms with Crippen molar-refractivity contribution in [1.82, 2.24) is 14.5 Å². The van der Waals surface area contributed by atoms with Crippen molar-refractivity contribution in [3.05, 3.63) is 60.4 Å². The molecule has 0 bridgehead atoms. The molecule has 0 unspecified atom stereocenters. The fourth-order valence-electron chi connectivity index (χ4n) is 4.86. The van der Waals surface area contributed by atoms with Crippen molar-refractivity contribution in [2.24, 2.45) is 7.05 Å². The highest BCUT2D eigenvalue weighted by molar-refractivity contribution is 6.90. The van der Waals surface area contributed by atoms with Crippen molar-refractivity contribution >= 4 is 8.07 Å². The lowest BCUT2D eigenvalue weighted by Gasteiger charge is -2.38. The molecule has 0 amide bonds. The van der Waals surface area contributed by atoms with E-state index >= 15 is 0 Å². The highest BCUT2D eigenvalue weighted by Gasteiger charge is 2.41. The van der Waals surface area contributed by atoms with E-state index in [0.717, 1.165) is 28.3 Å². The summed E-state index contributed by atoms with van der Waals surface area (Å²) in [6, 6.07) is 10.4. The van der Waals surface area contributed by atoms with E-state index in [1.165, 1.54) is 12.1 Å². The maximum atomic E-state index is 13.5. The molecule has 0 saturated heterocycles. The van der Waals surface area contributed by atoms with Crippen molar-refractivity contribution in [2.75, 3.05) is 0 Å². The Kier molecular flexibility index (Phi) is 6.81. The van der Waals surface area contributed by atoms with E-state index in [2.05, 4.69) is 62.6 Å². The summed E-state index contributed by atoms with van der Waals surface area (Å²) in [5.74, 6) is 3.97. The monoisotopic (exact) mass is 433 g/mol. The van der Waals surface area contributed by atoms with E-state index in [4.69, 9.17) is 4.98 Å². The van der Waals surface area contributed by atoms with Crippen molar-refractivity contribution in [3.63, 3.8) is 0 Å². The minimum Gasteiger partial charge on any atom is -0.320 e. The lowest BCUT2D eigenvalue weighted by molar-refractivity contribution is 0.628. The van der Waals surface area contributed by atoms with Gasteiger partial charge in [-0.2, -0.15) is 0 Å². The van der Waals surface area contributed by atoms with Gasteiger partial charge in [-0.25, -0.2) is 9.37 Å². The van der Waals surface area contributed by atoms with Crippen molar-refractivity contribution < 1.29 is 4.39 Å². The van der Waals surface area contributed by atoms with E-state index in [0.29, 0.717) is 16.6 Å². The lowest BCUT2D eigenvalue weighted by atomic mass is 10.1. The Morgan fingerprint density at radius 3 is 1.90 bits per heavy atom. The van der Waals surface area contributed by atoms with Crippen LogP contribution in [0.1, 0.15) is 47.4 Å². The number of aromatic nitrogens is 3. The van der Waals surface area contributed by atoms with Gasteiger partial charge in [0.2, 0.25) is 0 Å².